The van der Waals surface area contributed by atoms with Gasteiger partial charge >= 0.3 is 5.97 Å². The molecule has 1 atom stereocenters. The Hall–Kier alpha value is -2.82. The fourth-order valence-corrected chi connectivity index (χ4v) is 2.41. The standard InChI is InChI=1S/C20H23NO4/c1-13-6-5-7-17(9-13)21-20(23)16(4)25-19(22)12-24-18-10-14(2)8-15(3)11-18/h5-11,16H,12H2,1-4H3,(H,21,23)/t16-/m1/s1. The third-order valence-corrected chi connectivity index (χ3v) is 3.51. The van der Waals surface area contributed by atoms with Crippen molar-refractivity contribution >= 4 is 17.6 Å². The normalized spacial score (nSPS) is 11.5. The van der Waals surface area contributed by atoms with Crippen molar-refractivity contribution in [2.75, 3.05) is 11.9 Å². The maximum atomic E-state index is 12.1. The largest absolute Gasteiger partial charge is 0.482 e. The minimum atomic E-state index is -0.907. The van der Waals surface area contributed by atoms with E-state index >= 15 is 0 Å². The molecule has 0 heterocycles. The first kappa shape index (κ1) is 18.5. The molecule has 0 aromatic heterocycles. The summed E-state index contributed by atoms with van der Waals surface area (Å²) in [6.07, 6.45) is -0.907. The Balaban J connectivity index is 1.83. The molecule has 0 bridgehead atoms. The van der Waals surface area contributed by atoms with Gasteiger partial charge in [0.2, 0.25) is 0 Å². The van der Waals surface area contributed by atoms with Crippen molar-refractivity contribution in [2.45, 2.75) is 33.8 Å². The highest BCUT2D eigenvalue weighted by Gasteiger charge is 2.18. The second-order valence-corrected chi connectivity index (χ2v) is 6.10. The minimum Gasteiger partial charge on any atom is -0.482 e. The third kappa shape index (κ3) is 5.95. The predicted octanol–water partition coefficient (Wildman–Crippen LogP) is 3.56. The highest BCUT2D eigenvalue weighted by molar-refractivity contribution is 5.95. The van der Waals surface area contributed by atoms with Crippen LogP contribution >= 0.6 is 0 Å². The summed E-state index contributed by atoms with van der Waals surface area (Å²) in [5.74, 6) is -0.372. The Morgan fingerprint density at radius 2 is 1.68 bits per heavy atom. The fourth-order valence-electron chi connectivity index (χ4n) is 2.41. The Morgan fingerprint density at radius 1 is 1.00 bits per heavy atom. The molecule has 2 aromatic carbocycles. The van der Waals surface area contributed by atoms with Crippen LogP contribution in [0.25, 0.3) is 0 Å². The second-order valence-electron chi connectivity index (χ2n) is 6.10. The molecule has 5 nitrogen and oxygen atoms in total. The summed E-state index contributed by atoms with van der Waals surface area (Å²) in [6, 6.07) is 13.1. The molecule has 0 saturated heterocycles. The van der Waals surface area contributed by atoms with Crippen LogP contribution in [0.5, 0.6) is 5.75 Å². The Bertz CT molecular complexity index is 750. The molecule has 0 aliphatic rings. The highest BCUT2D eigenvalue weighted by atomic mass is 16.6. The van der Waals surface area contributed by atoms with E-state index < -0.39 is 12.1 Å². The molecule has 2 rings (SSSR count). The molecule has 0 radical (unpaired) electrons. The Morgan fingerprint density at radius 3 is 2.32 bits per heavy atom. The Labute approximate surface area is 148 Å². The van der Waals surface area contributed by atoms with Gasteiger partial charge in [0, 0.05) is 5.69 Å². The van der Waals surface area contributed by atoms with Crippen molar-refractivity contribution in [2.24, 2.45) is 0 Å². The van der Waals surface area contributed by atoms with Crippen LogP contribution in [0.4, 0.5) is 5.69 Å². The monoisotopic (exact) mass is 341 g/mol. The van der Waals surface area contributed by atoms with Gasteiger partial charge in [-0.25, -0.2) is 4.79 Å². The molecule has 25 heavy (non-hydrogen) atoms. The van der Waals surface area contributed by atoms with Crippen molar-refractivity contribution in [3.63, 3.8) is 0 Å². The molecule has 132 valence electrons. The van der Waals surface area contributed by atoms with Crippen LogP contribution in [0.1, 0.15) is 23.6 Å². The van der Waals surface area contributed by atoms with E-state index in [1.165, 1.54) is 6.92 Å². The van der Waals surface area contributed by atoms with E-state index in [-0.39, 0.29) is 12.5 Å². The van der Waals surface area contributed by atoms with Gasteiger partial charge < -0.3 is 14.8 Å². The molecule has 5 heteroatoms. The quantitative estimate of drug-likeness (QED) is 0.816. The van der Waals surface area contributed by atoms with E-state index in [0.717, 1.165) is 16.7 Å². The maximum absolute atomic E-state index is 12.1. The molecule has 1 amide bonds. The predicted molar refractivity (Wildman–Crippen MR) is 96.8 cm³/mol. The number of aryl methyl sites for hydroxylation is 3. The number of ether oxygens (including phenoxy) is 2. The van der Waals surface area contributed by atoms with E-state index in [0.29, 0.717) is 11.4 Å². The molecular weight excluding hydrogens is 318 g/mol. The van der Waals surface area contributed by atoms with Gasteiger partial charge in [-0.3, -0.25) is 4.79 Å². The van der Waals surface area contributed by atoms with Gasteiger partial charge in [0.05, 0.1) is 0 Å². The van der Waals surface area contributed by atoms with Crippen LogP contribution in [0.2, 0.25) is 0 Å². The molecular formula is C20H23NO4. The van der Waals surface area contributed by atoms with Crippen molar-refractivity contribution in [1.29, 1.82) is 0 Å². The average Bonchev–Trinajstić information content (AvgIpc) is 2.52. The Kier molecular flexibility index (Phi) is 6.17. The summed E-state index contributed by atoms with van der Waals surface area (Å²) >= 11 is 0. The number of anilines is 1. The van der Waals surface area contributed by atoms with Crippen LogP contribution in [0.15, 0.2) is 42.5 Å². The lowest BCUT2D eigenvalue weighted by molar-refractivity contribution is -0.155. The number of carbonyl (C=O) groups excluding carboxylic acids is 2. The highest BCUT2D eigenvalue weighted by Crippen LogP contribution is 2.16. The molecule has 0 unspecified atom stereocenters. The number of benzene rings is 2. The fraction of sp³-hybridized carbons (Fsp3) is 0.300. The average molecular weight is 341 g/mol. The van der Waals surface area contributed by atoms with Crippen LogP contribution < -0.4 is 10.1 Å². The van der Waals surface area contributed by atoms with Crippen molar-refractivity contribution in [1.82, 2.24) is 0 Å². The smallest absolute Gasteiger partial charge is 0.344 e. The van der Waals surface area contributed by atoms with E-state index in [1.807, 2.05) is 57.2 Å². The zero-order valence-corrected chi connectivity index (χ0v) is 15.0. The van der Waals surface area contributed by atoms with E-state index in [4.69, 9.17) is 9.47 Å². The molecule has 2 aromatic rings. The first-order valence-electron chi connectivity index (χ1n) is 8.11. The second kappa shape index (κ2) is 8.33. The lowest BCUT2D eigenvalue weighted by atomic mass is 10.1. The molecule has 0 saturated carbocycles. The zero-order chi connectivity index (χ0) is 18.4. The number of rotatable bonds is 6. The van der Waals surface area contributed by atoms with E-state index in [2.05, 4.69) is 5.32 Å². The summed E-state index contributed by atoms with van der Waals surface area (Å²) in [7, 11) is 0. The van der Waals surface area contributed by atoms with Gasteiger partial charge in [0.1, 0.15) is 5.75 Å². The van der Waals surface area contributed by atoms with Crippen LogP contribution in [-0.4, -0.2) is 24.6 Å². The molecule has 0 aliphatic heterocycles. The van der Waals surface area contributed by atoms with E-state index in [9.17, 15) is 9.59 Å². The van der Waals surface area contributed by atoms with Crippen molar-refractivity contribution in [3.05, 3.63) is 59.2 Å². The molecule has 0 fully saturated rings. The van der Waals surface area contributed by atoms with Crippen LogP contribution in [-0.2, 0) is 14.3 Å². The van der Waals surface area contributed by atoms with Gasteiger partial charge in [-0.05, 0) is 68.7 Å². The first-order valence-corrected chi connectivity index (χ1v) is 8.11. The van der Waals surface area contributed by atoms with Crippen molar-refractivity contribution < 1.29 is 19.1 Å². The minimum absolute atomic E-state index is 0.245. The van der Waals surface area contributed by atoms with Gasteiger partial charge in [0.25, 0.3) is 5.91 Å². The number of hydrogen-bond donors (Lipinski definition) is 1. The summed E-state index contributed by atoms with van der Waals surface area (Å²) < 4.78 is 10.6. The third-order valence-electron chi connectivity index (χ3n) is 3.51. The summed E-state index contributed by atoms with van der Waals surface area (Å²) in [5, 5.41) is 2.72. The zero-order valence-electron chi connectivity index (χ0n) is 15.0. The number of amides is 1. The topological polar surface area (TPSA) is 64.6 Å². The van der Waals surface area contributed by atoms with Gasteiger partial charge in [0.15, 0.2) is 12.7 Å². The number of esters is 1. The summed E-state index contributed by atoms with van der Waals surface area (Å²) in [6.45, 7) is 7.13. The first-order chi connectivity index (χ1) is 11.8. The number of carbonyl (C=O) groups is 2. The van der Waals surface area contributed by atoms with Gasteiger partial charge in [-0.1, -0.05) is 18.2 Å². The number of nitrogens with one attached hydrogen (secondary N) is 1. The van der Waals surface area contributed by atoms with Crippen LogP contribution in [0, 0.1) is 20.8 Å². The van der Waals surface area contributed by atoms with Gasteiger partial charge in [-0.15, -0.1) is 0 Å². The molecule has 1 N–H and O–H groups in total. The lowest BCUT2D eigenvalue weighted by Crippen LogP contribution is -2.31. The molecule has 0 spiro atoms. The summed E-state index contributed by atoms with van der Waals surface area (Å²) in [4.78, 5) is 24.0. The lowest BCUT2D eigenvalue weighted by Gasteiger charge is -2.14. The van der Waals surface area contributed by atoms with Gasteiger partial charge in [-0.2, -0.15) is 0 Å². The van der Waals surface area contributed by atoms with E-state index in [1.54, 1.807) is 6.07 Å². The molecule has 0 aliphatic carbocycles. The number of hydrogen-bond acceptors (Lipinski definition) is 4. The SMILES string of the molecule is Cc1cccc(NC(=O)[C@@H](C)OC(=O)COc2cc(C)cc(C)c2)c1. The van der Waals surface area contributed by atoms with Crippen LogP contribution in [0.3, 0.4) is 0 Å². The maximum Gasteiger partial charge on any atom is 0.344 e. The summed E-state index contributed by atoms with van der Waals surface area (Å²) in [5.41, 5.74) is 3.80. The van der Waals surface area contributed by atoms with Crippen molar-refractivity contribution in [3.8, 4) is 5.75 Å².